The van der Waals surface area contributed by atoms with Crippen LogP contribution in [0.5, 0.6) is 11.5 Å². The number of para-hydroxylation sites is 1. The molecule has 0 unspecified atom stereocenters. The largest absolute Gasteiger partial charge is 0.493 e. The summed E-state index contributed by atoms with van der Waals surface area (Å²) < 4.78 is 16.3. The second-order valence-electron chi connectivity index (χ2n) is 6.38. The van der Waals surface area contributed by atoms with Crippen LogP contribution in [0.15, 0.2) is 59.2 Å². The van der Waals surface area contributed by atoms with E-state index < -0.39 is 10.9 Å². The maximum atomic E-state index is 12.4. The van der Waals surface area contributed by atoms with Crippen LogP contribution < -0.4 is 9.47 Å². The molecule has 0 saturated carbocycles. The number of nitro benzene ring substituents is 1. The molecule has 0 spiro atoms. The predicted molar refractivity (Wildman–Crippen MR) is 112 cm³/mol. The summed E-state index contributed by atoms with van der Waals surface area (Å²) in [7, 11) is 1.50. The summed E-state index contributed by atoms with van der Waals surface area (Å²) in [4.78, 5) is 27.0. The van der Waals surface area contributed by atoms with Gasteiger partial charge >= 0.3 is 5.97 Å². The molecule has 0 bridgehead atoms. The van der Waals surface area contributed by atoms with Gasteiger partial charge in [0.15, 0.2) is 17.2 Å². The fourth-order valence-electron chi connectivity index (χ4n) is 2.62. The molecule has 1 heterocycles. The van der Waals surface area contributed by atoms with Crippen LogP contribution in [0.2, 0.25) is 5.02 Å². The molecule has 154 valence electrons. The Bertz CT molecular complexity index is 1110. The van der Waals surface area contributed by atoms with E-state index in [1.54, 1.807) is 18.2 Å². The Hall–Kier alpha value is -3.65. The van der Waals surface area contributed by atoms with E-state index in [2.05, 4.69) is 11.6 Å². The van der Waals surface area contributed by atoms with E-state index in [0.717, 1.165) is 5.57 Å². The molecule has 0 aromatic heterocycles. The number of halogens is 1. The Labute approximate surface area is 177 Å². The molecule has 0 fully saturated rings. The number of benzene rings is 2. The highest BCUT2D eigenvalue weighted by molar-refractivity contribution is 6.34. The zero-order chi connectivity index (χ0) is 21.8. The number of aliphatic imine (C=N–C) groups is 1. The van der Waals surface area contributed by atoms with E-state index in [4.69, 9.17) is 25.8 Å². The SMILES string of the molecule is C=C(C)COc1c(/C=C2\N=C(c3cc([N+](=O)[O-])ccc3Cl)OC2=O)cccc1OC. The van der Waals surface area contributed by atoms with E-state index in [0.29, 0.717) is 17.1 Å². The number of nitrogens with zero attached hydrogens (tertiary/aromatic N) is 2. The lowest BCUT2D eigenvalue weighted by atomic mass is 10.1. The summed E-state index contributed by atoms with van der Waals surface area (Å²) >= 11 is 6.11. The number of hydrogen-bond donors (Lipinski definition) is 0. The van der Waals surface area contributed by atoms with Gasteiger partial charge in [0.05, 0.1) is 22.6 Å². The Morgan fingerprint density at radius 2 is 2.13 bits per heavy atom. The van der Waals surface area contributed by atoms with Gasteiger partial charge in [-0.25, -0.2) is 9.79 Å². The van der Waals surface area contributed by atoms with Crippen LogP contribution in [0.1, 0.15) is 18.1 Å². The molecule has 3 rings (SSSR count). The molecule has 2 aromatic rings. The zero-order valence-electron chi connectivity index (χ0n) is 16.2. The van der Waals surface area contributed by atoms with Gasteiger partial charge in [-0.1, -0.05) is 30.3 Å². The standard InChI is InChI=1S/C21H17ClN2O6/c1-12(2)11-29-19-13(5-4-6-18(19)28-3)9-17-21(25)30-20(23-17)15-10-14(24(26)27)7-8-16(15)22/h4-10H,1,11H2,2-3H3/b17-9-. The number of nitro groups is 1. The smallest absolute Gasteiger partial charge is 0.363 e. The second-order valence-corrected chi connectivity index (χ2v) is 6.79. The molecule has 0 aliphatic carbocycles. The molecule has 0 radical (unpaired) electrons. The van der Waals surface area contributed by atoms with E-state index >= 15 is 0 Å². The Morgan fingerprint density at radius 3 is 2.80 bits per heavy atom. The third kappa shape index (κ3) is 4.49. The van der Waals surface area contributed by atoms with Crippen molar-refractivity contribution in [1.29, 1.82) is 0 Å². The van der Waals surface area contributed by atoms with Gasteiger partial charge in [0.2, 0.25) is 5.90 Å². The van der Waals surface area contributed by atoms with Crippen LogP contribution in [0.4, 0.5) is 5.69 Å². The lowest BCUT2D eigenvalue weighted by Gasteiger charge is -2.13. The van der Waals surface area contributed by atoms with Crippen molar-refractivity contribution in [2.24, 2.45) is 4.99 Å². The number of non-ortho nitro benzene ring substituents is 1. The minimum atomic E-state index is -0.721. The summed E-state index contributed by atoms with van der Waals surface area (Å²) in [6.45, 7) is 5.89. The van der Waals surface area contributed by atoms with Gasteiger partial charge in [-0.15, -0.1) is 0 Å². The number of esters is 1. The lowest BCUT2D eigenvalue weighted by molar-refractivity contribution is -0.384. The topological polar surface area (TPSA) is 100 Å². The van der Waals surface area contributed by atoms with Crippen molar-refractivity contribution >= 4 is 35.2 Å². The molecular weight excluding hydrogens is 412 g/mol. The molecule has 30 heavy (non-hydrogen) atoms. The highest BCUT2D eigenvalue weighted by atomic mass is 35.5. The zero-order valence-corrected chi connectivity index (χ0v) is 16.9. The van der Waals surface area contributed by atoms with Crippen molar-refractivity contribution in [1.82, 2.24) is 0 Å². The van der Waals surface area contributed by atoms with Crippen molar-refractivity contribution in [2.45, 2.75) is 6.92 Å². The molecule has 1 aliphatic rings. The average molecular weight is 429 g/mol. The van der Waals surface area contributed by atoms with Crippen molar-refractivity contribution in [3.63, 3.8) is 0 Å². The number of carbonyl (C=O) groups is 1. The van der Waals surface area contributed by atoms with Gasteiger partial charge in [0.1, 0.15) is 6.61 Å². The number of rotatable bonds is 7. The van der Waals surface area contributed by atoms with Gasteiger partial charge in [0.25, 0.3) is 5.69 Å². The summed E-state index contributed by atoms with van der Waals surface area (Å²) in [5, 5.41) is 11.2. The summed E-state index contributed by atoms with van der Waals surface area (Å²) in [6.07, 6.45) is 1.48. The fourth-order valence-corrected chi connectivity index (χ4v) is 2.82. The number of methoxy groups -OCH3 is 1. The third-order valence-electron chi connectivity index (χ3n) is 4.00. The van der Waals surface area contributed by atoms with Crippen molar-refractivity contribution in [3.05, 3.63) is 80.5 Å². The molecular formula is C21H17ClN2O6. The quantitative estimate of drug-likeness (QED) is 0.211. The average Bonchev–Trinajstić information content (AvgIpc) is 3.06. The first-order valence-electron chi connectivity index (χ1n) is 8.71. The molecule has 8 nitrogen and oxygen atoms in total. The minimum absolute atomic E-state index is 0.0130. The van der Waals surface area contributed by atoms with E-state index in [9.17, 15) is 14.9 Å². The maximum absolute atomic E-state index is 12.4. The Kier molecular flexibility index (Phi) is 6.17. The van der Waals surface area contributed by atoms with Gasteiger partial charge < -0.3 is 14.2 Å². The molecule has 2 aromatic carbocycles. The number of hydrogen-bond acceptors (Lipinski definition) is 7. The van der Waals surface area contributed by atoms with E-state index in [-0.39, 0.29) is 34.5 Å². The van der Waals surface area contributed by atoms with Crippen molar-refractivity contribution < 1.29 is 23.9 Å². The number of carbonyl (C=O) groups excluding carboxylic acids is 1. The first-order valence-corrected chi connectivity index (χ1v) is 9.09. The molecule has 0 amide bonds. The molecule has 0 N–H and O–H groups in total. The lowest BCUT2D eigenvalue weighted by Crippen LogP contribution is -2.06. The summed E-state index contributed by atoms with van der Waals surface area (Å²) in [5.41, 5.74) is 1.28. The summed E-state index contributed by atoms with van der Waals surface area (Å²) in [5.74, 6) is 0.0525. The first-order chi connectivity index (χ1) is 14.3. The minimum Gasteiger partial charge on any atom is -0.493 e. The highest BCUT2D eigenvalue weighted by Crippen LogP contribution is 2.34. The monoisotopic (exact) mass is 428 g/mol. The Morgan fingerprint density at radius 1 is 1.37 bits per heavy atom. The van der Waals surface area contributed by atoms with Crippen LogP contribution in [0.25, 0.3) is 6.08 Å². The van der Waals surface area contributed by atoms with Crippen molar-refractivity contribution in [3.8, 4) is 11.5 Å². The van der Waals surface area contributed by atoms with Crippen LogP contribution in [0, 0.1) is 10.1 Å². The second kappa shape index (κ2) is 8.79. The van der Waals surface area contributed by atoms with Crippen LogP contribution in [-0.2, 0) is 9.53 Å². The highest BCUT2D eigenvalue weighted by Gasteiger charge is 2.27. The van der Waals surface area contributed by atoms with Gasteiger partial charge in [-0.2, -0.15) is 0 Å². The number of cyclic esters (lactones) is 1. The van der Waals surface area contributed by atoms with Crippen LogP contribution in [-0.4, -0.2) is 30.5 Å². The summed E-state index contributed by atoms with van der Waals surface area (Å²) in [6, 6.07) is 8.98. The fraction of sp³-hybridized carbons (Fsp3) is 0.143. The van der Waals surface area contributed by atoms with E-state index in [1.165, 1.54) is 31.4 Å². The van der Waals surface area contributed by atoms with Crippen LogP contribution >= 0.6 is 11.6 Å². The number of ether oxygens (including phenoxy) is 3. The molecule has 9 heteroatoms. The predicted octanol–water partition coefficient (Wildman–Crippen LogP) is 4.56. The third-order valence-corrected chi connectivity index (χ3v) is 4.33. The normalized spacial score (nSPS) is 14.3. The van der Waals surface area contributed by atoms with Crippen LogP contribution in [0.3, 0.4) is 0 Å². The van der Waals surface area contributed by atoms with Gasteiger partial charge in [0, 0.05) is 17.7 Å². The first kappa shape index (κ1) is 21.1. The molecule has 1 aliphatic heterocycles. The van der Waals surface area contributed by atoms with Crippen molar-refractivity contribution in [2.75, 3.05) is 13.7 Å². The van der Waals surface area contributed by atoms with Gasteiger partial charge in [-0.05, 0) is 30.7 Å². The van der Waals surface area contributed by atoms with Gasteiger partial charge in [-0.3, -0.25) is 10.1 Å². The molecule has 0 saturated heterocycles. The van der Waals surface area contributed by atoms with E-state index in [1.807, 2.05) is 6.92 Å². The maximum Gasteiger partial charge on any atom is 0.363 e. The molecule has 0 atom stereocenters. The Balaban J connectivity index is 2.02.